The summed E-state index contributed by atoms with van der Waals surface area (Å²) in [4.78, 5) is 19.5. The van der Waals surface area contributed by atoms with Crippen LogP contribution in [-0.2, 0) is 4.79 Å². The Morgan fingerprint density at radius 3 is 2.84 bits per heavy atom. The van der Waals surface area contributed by atoms with Crippen molar-refractivity contribution in [3.8, 4) is 5.88 Å². The molecule has 1 saturated carbocycles. The third-order valence-electron chi connectivity index (χ3n) is 3.34. The molecule has 2 N–H and O–H groups in total. The summed E-state index contributed by atoms with van der Waals surface area (Å²) in [6.07, 6.45) is 4.02. The van der Waals surface area contributed by atoms with E-state index in [-0.39, 0.29) is 6.10 Å². The highest BCUT2D eigenvalue weighted by atomic mass is 16.5. The molecule has 0 radical (unpaired) electrons. The number of hydrogen-bond donors (Lipinski definition) is 2. The first-order valence-corrected chi connectivity index (χ1v) is 6.49. The second kappa shape index (κ2) is 5.42. The van der Waals surface area contributed by atoms with Crippen LogP contribution in [0.1, 0.15) is 33.1 Å². The Bertz CT molecular complexity index is 458. The number of aromatic nitrogens is 2. The van der Waals surface area contributed by atoms with Gasteiger partial charge >= 0.3 is 5.97 Å². The molecule has 0 saturated heterocycles. The summed E-state index contributed by atoms with van der Waals surface area (Å²) in [6, 6.07) is 1.68. The Morgan fingerprint density at radius 1 is 1.58 bits per heavy atom. The normalized spacial score (nSPS) is 16.8. The summed E-state index contributed by atoms with van der Waals surface area (Å²) in [5.74, 6) is 0.150. The van der Waals surface area contributed by atoms with Crippen molar-refractivity contribution in [1.29, 1.82) is 0 Å². The molecule has 1 fully saturated rings. The van der Waals surface area contributed by atoms with Crippen LogP contribution in [0.25, 0.3) is 0 Å². The minimum absolute atomic E-state index is 0.0414. The molecule has 1 heterocycles. The van der Waals surface area contributed by atoms with Crippen LogP contribution in [0, 0.1) is 5.41 Å². The predicted molar refractivity (Wildman–Crippen MR) is 70.2 cm³/mol. The van der Waals surface area contributed by atoms with Gasteiger partial charge in [-0.15, -0.1) is 0 Å². The number of carboxylic acids is 1. The molecule has 104 valence electrons. The van der Waals surface area contributed by atoms with Gasteiger partial charge in [0.2, 0.25) is 11.8 Å². The first kappa shape index (κ1) is 13.6. The van der Waals surface area contributed by atoms with Crippen LogP contribution < -0.4 is 10.1 Å². The van der Waals surface area contributed by atoms with E-state index in [1.165, 1.54) is 0 Å². The quantitative estimate of drug-likeness (QED) is 0.817. The number of carboxylic acid groups (broad SMARTS) is 1. The number of aliphatic carboxylic acids is 1. The summed E-state index contributed by atoms with van der Waals surface area (Å²) in [5, 5.41) is 12.2. The van der Waals surface area contributed by atoms with Crippen molar-refractivity contribution in [2.24, 2.45) is 5.41 Å². The van der Waals surface area contributed by atoms with Gasteiger partial charge in [-0.25, -0.2) is 4.98 Å². The zero-order valence-corrected chi connectivity index (χ0v) is 11.2. The topological polar surface area (TPSA) is 84.3 Å². The van der Waals surface area contributed by atoms with E-state index in [1.54, 1.807) is 12.3 Å². The van der Waals surface area contributed by atoms with Crippen LogP contribution in [-0.4, -0.2) is 33.7 Å². The number of rotatable bonds is 6. The standard InChI is InChI=1S/C13H19N3O3/c1-9(2)19-10-4-7-14-12(16-10)15-8-13(11(17)18)5-3-6-13/h4,7,9H,3,5-6,8H2,1-2H3,(H,17,18)(H,14,15,16). The smallest absolute Gasteiger partial charge is 0.311 e. The van der Waals surface area contributed by atoms with Crippen molar-refractivity contribution in [2.75, 3.05) is 11.9 Å². The summed E-state index contributed by atoms with van der Waals surface area (Å²) >= 11 is 0. The van der Waals surface area contributed by atoms with Crippen molar-refractivity contribution >= 4 is 11.9 Å². The second-order valence-electron chi connectivity index (χ2n) is 5.18. The van der Waals surface area contributed by atoms with Gasteiger partial charge in [-0.05, 0) is 26.7 Å². The zero-order valence-electron chi connectivity index (χ0n) is 11.2. The third-order valence-corrected chi connectivity index (χ3v) is 3.34. The number of carbonyl (C=O) groups is 1. The molecule has 0 atom stereocenters. The summed E-state index contributed by atoms with van der Waals surface area (Å²) in [5.41, 5.74) is -0.654. The summed E-state index contributed by atoms with van der Waals surface area (Å²) < 4.78 is 5.47. The SMILES string of the molecule is CC(C)Oc1ccnc(NCC2(C(=O)O)CCC2)n1. The Morgan fingerprint density at radius 2 is 2.32 bits per heavy atom. The number of ether oxygens (including phenoxy) is 1. The minimum atomic E-state index is -0.749. The van der Waals surface area contributed by atoms with Gasteiger partial charge in [0.15, 0.2) is 0 Å². The first-order valence-electron chi connectivity index (χ1n) is 6.49. The average Bonchev–Trinajstić information content (AvgIpc) is 2.26. The average molecular weight is 265 g/mol. The fraction of sp³-hybridized carbons (Fsp3) is 0.615. The maximum absolute atomic E-state index is 11.2. The van der Waals surface area contributed by atoms with E-state index in [0.717, 1.165) is 6.42 Å². The van der Waals surface area contributed by atoms with E-state index in [9.17, 15) is 9.90 Å². The Kier molecular flexibility index (Phi) is 3.87. The Hall–Kier alpha value is -1.85. The highest BCUT2D eigenvalue weighted by Gasteiger charge is 2.44. The molecule has 1 aliphatic carbocycles. The van der Waals surface area contributed by atoms with Crippen LogP contribution in [0.3, 0.4) is 0 Å². The van der Waals surface area contributed by atoms with E-state index in [1.807, 2.05) is 13.8 Å². The van der Waals surface area contributed by atoms with Crippen LogP contribution in [0.15, 0.2) is 12.3 Å². The number of anilines is 1. The van der Waals surface area contributed by atoms with Crippen LogP contribution >= 0.6 is 0 Å². The molecule has 1 aliphatic rings. The first-order chi connectivity index (χ1) is 9.02. The molecule has 19 heavy (non-hydrogen) atoms. The molecule has 0 bridgehead atoms. The lowest BCUT2D eigenvalue weighted by Crippen LogP contribution is -2.43. The summed E-state index contributed by atoms with van der Waals surface area (Å²) in [6.45, 7) is 4.19. The van der Waals surface area contributed by atoms with Crippen LogP contribution in [0.4, 0.5) is 5.95 Å². The zero-order chi connectivity index (χ0) is 13.9. The number of hydrogen-bond acceptors (Lipinski definition) is 5. The molecule has 1 aromatic heterocycles. The fourth-order valence-electron chi connectivity index (χ4n) is 2.05. The van der Waals surface area contributed by atoms with E-state index >= 15 is 0 Å². The van der Waals surface area contributed by atoms with E-state index in [2.05, 4.69) is 15.3 Å². The molecule has 1 aromatic rings. The lowest BCUT2D eigenvalue weighted by molar-refractivity contribution is -0.153. The lowest BCUT2D eigenvalue weighted by atomic mass is 9.69. The third kappa shape index (κ3) is 3.13. The van der Waals surface area contributed by atoms with Crippen molar-refractivity contribution in [2.45, 2.75) is 39.2 Å². The van der Waals surface area contributed by atoms with E-state index < -0.39 is 11.4 Å². The van der Waals surface area contributed by atoms with Gasteiger partial charge in [-0.2, -0.15) is 4.98 Å². The van der Waals surface area contributed by atoms with E-state index in [0.29, 0.717) is 31.2 Å². The fourth-order valence-corrected chi connectivity index (χ4v) is 2.05. The van der Waals surface area contributed by atoms with Gasteiger partial charge in [-0.3, -0.25) is 4.79 Å². The van der Waals surface area contributed by atoms with Crippen molar-refractivity contribution < 1.29 is 14.6 Å². The van der Waals surface area contributed by atoms with Gasteiger partial charge in [0.25, 0.3) is 0 Å². The highest BCUT2D eigenvalue weighted by Crippen LogP contribution is 2.41. The molecule has 0 spiro atoms. The van der Waals surface area contributed by atoms with Crippen LogP contribution in [0.2, 0.25) is 0 Å². The predicted octanol–water partition coefficient (Wildman–Crippen LogP) is 1.93. The molecule has 6 nitrogen and oxygen atoms in total. The molecule has 0 aliphatic heterocycles. The number of nitrogens with zero attached hydrogens (tertiary/aromatic N) is 2. The monoisotopic (exact) mass is 265 g/mol. The van der Waals surface area contributed by atoms with Crippen molar-refractivity contribution in [3.63, 3.8) is 0 Å². The molecular formula is C13H19N3O3. The van der Waals surface area contributed by atoms with Gasteiger partial charge in [0.1, 0.15) is 0 Å². The summed E-state index contributed by atoms with van der Waals surface area (Å²) in [7, 11) is 0. The molecule has 2 rings (SSSR count). The maximum Gasteiger partial charge on any atom is 0.311 e. The lowest BCUT2D eigenvalue weighted by Gasteiger charge is -2.37. The second-order valence-corrected chi connectivity index (χ2v) is 5.18. The number of nitrogens with one attached hydrogen (secondary N) is 1. The van der Waals surface area contributed by atoms with Gasteiger partial charge in [0, 0.05) is 18.8 Å². The molecule has 0 amide bonds. The Labute approximate surface area is 112 Å². The van der Waals surface area contributed by atoms with E-state index in [4.69, 9.17) is 4.74 Å². The van der Waals surface area contributed by atoms with Gasteiger partial charge < -0.3 is 15.2 Å². The van der Waals surface area contributed by atoms with Gasteiger partial charge in [0.05, 0.1) is 11.5 Å². The molecular weight excluding hydrogens is 246 g/mol. The van der Waals surface area contributed by atoms with Crippen LogP contribution in [0.5, 0.6) is 5.88 Å². The maximum atomic E-state index is 11.2. The van der Waals surface area contributed by atoms with Crippen molar-refractivity contribution in [3.05, 3.63) is 12.3 Å². The molecule has 6 heteroatoms. The van der Waals surface area contributed by atoms with Gasteiger partial charge in [-0.1, -0.05) is 6.42 Å². The highest BCUT2D eigenvalue weighted by molar-refractivity contribution is 5.76. The largest absolute Gasteiger partial charge is 0.481 e. The Balaban J connectivity index is 1.97. The molecule has 0 aromatic carbocycles. The van der Waals surface area contributed by atoms with Crippen molar-refractivity contribution in [1.82, 2.24) is 9.97 Å². The minimum Gasteiger partial charge on any atom is -0.481 e. The molecule has 0 unspecified atom stereocenters.